The van der Waals surface area contributed by atoms with Gasteiger partial charge in [-0.25, -0.2) is 0 Å². The lowest BCUT2D eigenvalue weighted by atomic mass is 10.1. The summed E-state index contributed by atoms with van der Waals surface area (Å²) in [5, 5.41) is 21.9. The van der Waals surface area contributed by atoms with Crippen molar-refractivity contribution in [1.29, 1.82) is 0 Å². The van der Waals surface area contributed by atoms with Crippen LogP contribution in [-0.2, 0) is 11.3 Å². The highest BCUT2D eigenvalue weighted by Crippen LogP contribution is 2.14. The fraction of sp³-hybridized carbons (Fsp3) is 0.364. The van der Waals surface area contributed by atoms with E-state index in [1.165, 1.54) is 29.8 Å². The number of aromatic hydroxyl groups is 1. The molecule has 7 heteroatoms. The summed E-state index contributed by atoms with van der Waals surface area (Å²) in [6, 6.07) is 14.7. The van der Waals surface area contributed by atoms with E-state index < -0.39 is 18.1 Å². The van der Waals surface area contributed by atoms with Gasteiger partial charge in [-0.15, -0.1) is 0 Å². The van der Waals surface area contributed by atoms with Crippen LogP contribution in [0.4, 0.5) is 0 Å². The fourth-order valence-corrected chi connectivity index (χ4v) is 3.71. The predicted octanol–water partition coefficient (Wildman–Crippen LogP) is 1.78. The first-order chi connectivity index (χ1) is 13.9. The lowest BCUT2D eigenvalue weighted by Gasteiger charge is -2.39. The SMILES string of the molecule is CC(NC(=O)c1ccc(O)cc1)C(C(=O)O)N1CCN(Cc2ccccc2)CC1. The van der Waals surface area contributed by atoms with Gasteiger partial charge in [0.15, 0.2) is 0 Å². The molecule has 0 saturated carbocycles. The molecule has 1 aliphatic heterocycles. The standard InChI is InChI=1S/C22H27N3O4/c1-16(23-21(27)18-7-9-19(26)10-8-18)20(22(28)29)25-13-11-24(12-14-25)15-17-5-3-2-4-6-17/h2-10,16,20,26H,11-15H2,1H3,(H,23,27)(H,28,29). The van der Waals surface area contributed by atoms with E-state index in [2.05, 4.69) is 22.3 Å². The number of hydrogen-bond donors (Lipinski definition) is 3. The number of aliphatic carboxylic acids is 1. The highest BCUT2D eigenvalue weighted by molar-refractivity contribution is 5.94. The molecule has 0 radical (unpaired) electrons. The summed E-state index contributed by atoms with van der Waals surface area (Å²) in [6.45, 7) is 5.37. The zero-order valence-electron chi connectivity index (χ0n) is 16.5. The molecule has 0 aliphatic carbocycles. The minimum Gasteiger partial charge on any atom is -0.508 e. The van der Waals surface area contributed by atoms with E-state index in [9.17, 15) is 19.8 Å². The van der Waals surface area contributed by atoms with E-state index in [0.29, 0.717) is 18.7 Å². The van der Waals surface area contributed by atoms with Crippen molar-refractivity contribution in [3.05, 3.63) is 65.7 Å². The van der Waals surface area contributed by atoms with Crippen molar-refractivity contribution in [3.8, 4) is 5.75 Å². The van der Waals surface area contributed by atoms with Crippen LogP contribution in [0, 0.1) is 0 Å². The smallest absolute Gasteiger partial charge is 0.323 e. The Morgan fingerprint density at radius 1 is 1.00 bits per heavy atom. The molecule has 1 saturated heterocycles. The van der Waals surface area contributed by atoms with Crippen molar-refractivity contribution in [2.24, 2.45) is 0 Å². The fourth-order valence-electron chi connectivity index (χ4n) is 3.71. The van der Waals surface area contributed by atoms with Gasteiger partial charge in [-0.3, -0.25) is 19.4 Å². The molecular formula is C22H27N3O4. The summed E-state index contributed by atoms with van der Waals surface area (Å²) < 4.78 is 0. The molecule has 2 aromatic rings. The summed E-state index contributed by atoms with van der Waals surface area (Å²) in [4.78, 5) is 28.6. The Morgan fingerprint density at radius 2 is 1.62 bits per heavy atom. The maximum Gasteiger partial charge on any atom is 0.323 e. The molecule has 0 aromatic heterocycles. The van der Waals surface area contributed by atoms with Crippen LogP contribution in [0.5, 0.6) is 5.75 Å². The van der Waals surface area contributed by atoms with Gasteiger partial charge in [0, 0.05) is 38.3 Å². The molecule has 3 rings (SSSR count). The van der Waals surface area contributed by atoms with Crippen LogP contribution in [-0.4, -0.2) is 70.2 Å². The first kappa shape index (κ1) is 20.8. The molecule has 29 heavy (non-hydrogen) atoms. The molecule has 1 heterocycles. The Kier molecular flexibility index (Phi) is 6.85. The summed E-state index contributed by atoms with van der Waals surface area (Å²) in [5.41, 5.74) is 1.62. The monoisotopic (exact) mass is 397 g/mol. The molecule has 2 unspecified atom stereocenters. The molecule has 1 fully saturated rings. The normalized spacial score (nSPS) is 17.4. The van der Waals surface area contributed by atoms with Crippen LogP contribution in [0.3, 0.4) is 0 Å². The lowest BCUT2D eigenvalue weighted by molar-refractivity contribution is -0.145. The molecule has 3 N–H and O–H groups in total. The van der Waals surface area contributed by atoms with Crippen LogP contribution < -0.4 is 5.32 Å². The molecule has 2 atom stereocenters. The Hall–Kier alpha value is -2.90. The second-order valence-corrected chi connectivity index (χ2v) is 7.39. The zero-order valence-corrected chi connectivity index (χ0v) is 16.5. The third-order valence-corrected chi connectivity index (χ3v) is 5.26. The van der Waals surface area contributed by atoms with E-state index >= 15 is 0 Å². The summed E-state index contributed by atoms with van der Waals surface area (Å²) in [5.74, 6) is -1.22. The summed E-state index contributed by atoms with van der Waals surface area (Å²) in [6.07, 6.45) is 0. The second kappa shape index (κ2) is 9.54. The summed E-state index contributed by atoms with van der Waals surface area (Å²) in [7, 11) is 0. The molecule has 154 valence electrons. The molecule has 7 nitrogen and oxygen atoms in total. The number of phenolic OH excluding ortho intramolecular Hbond substituents is 1. The van der Waals surface area contributed by atoms with Gasteiger partial charge in [0.1, 0.15) is 11.8 Å². The number of carboxylic acids is 1. The molecule has 0 spiro atoms. The number of nitrogens with one attached hydrogen (secondary N) is 1. The lowest BCUT2D eigenvalue weighted by Crippen LogP contribution is -2.59. The number of carbonyl (C=O) groups is 2. The maximum atomic E-state index is 12.4. The number of hydrogen-bond acceptors (Lipinski definition) is 5. The molecule has 2 aromatic carbocycles. The first-order valence-electron chi connectivity index (χ1n) is 9.77. The van der Waals surface area contributed by atoms with Crippen molar-refractivity contribution >= 4 is 11.9 Å². The van der Waals surface area contributed by atoms with Crippen LogP contribution in [0.25, 0.3) is 0 Å². The van der Waals surface area contributed by atoms with Gasteiger partial charge in [-0.1, -0.05) is 30.3 Å². The van der Waals surface area contributed by atoms with Crippen LogP contribution >= 0.6 is 0 Å². The Morgan fingerprint density at radius 3 is 2.21 bits per heavy atom. The quantitative estimate of drug-likeness (QED) is 0.660. The number of benzene rings is 2. The largest absolute Gasteiger partial charge is 0.508 e. The summed E-state index contributed by atoms with van der Waals surface area (Å²) >= 11 is 0. The molecule has 0 bridgehead atoms. The third-order valence-electron chi connectivity index (χ3n) is 5.26. The number of phenols is 1. The zero-order chi connectivity index (χ0) is 20.8. The van der Waals surface area contributed by atoms with E-state index in [1.807, 2.05) is 23.1 Å². The van der Waals surface area contributed by atoms with E-state index in [-0.39, 0.29) is 11.7 Å². The van der Waals surface area contributed by atoms with Gasteiger partial charge < -0.3 is 15.5 Å². The number of piperazine rings is 1. The van der Waals surface area contributed by atoms with Gasteiger partial charge in [-0.05, 0) is 36.8 Å². The van der Waals surface area contributed by atoms with Crippen molar-refractivity contribution < 1.29 is 19.8 Å². The number of amides is 1. The number of rotatable bonds is 7. The molecule has 1 aliphatic rings. The van der Waals surface area contributed by atoms with Crippen molar-refractivity contribution in [1.82, 2.24) is 15.1 Å². The highest BCUT2D eigenvalue weighted by atomic mass is 16.4. The predicted molar refractivity (Wildman–Crippen MR) is 110 cm³/mol. The number of carbonyl (C=O) groups excluding carboxylic acids is 1. The molecule has 1 amide bonds. The Bertz CT molecular complexity index is 818. The van der Waals surface area contributed by atoms with E-state index in [0.717, 1.165) is 19.6 Å². The number of nitrogens with zero attached hydrogens (tertiary/aromatic N) is 2. The van der Waals surface area contributed by atoms with Crippen LogP contribution in [0.15, 0.2) is 54.6 Å². The van der Waals surface area contributed by atoms with Crippen LogP contribution in [0.2, 0.25) is 0 Å². The average Bonchev–Trinajstić information content (AvgIpc) is 2.70. The van der Waals surface area contributed by atoms with Crippen molar-refractivity contribution in [2.75, 3.05) is 26.2 Å². The maximum absolute atomic E-state index is 12.4. The average molecular weight is 397 g/mol. The minimum atomic E-state index is -0.944. The van der Waals surface area contributed by atoms with Gasteiger partial charge in [0.25, 0.3) is 5.91 Å². The molecular weight excluding hydrogens is 370 g/mol. The topological polar surface area (TPSA) is 93.1 Å². The third kappa shape index (κ3) is 5.56. The Labute approximate surface area is 170 Å². The van der Waals surface area contributed by atoms with Gasteiger partial charge in [-0.2, -0.15) is 0 Å². The minimum absolute atomic E-state index is 0.0754. The number of carboxylic acid groups (broad SMARTS) is 1. The van der Waals surface area contributed by atoms with Crippen molar-refractivity contribution in [2.45, 2.75) is 25.6 Å². The van der Waals surface area contributed by atoms with E-state index in [1.54, 1.807) is 6.92 Å². The van der Waals surface area contributed by atoms with Crippen molar-refractivity contribution in [3.63, 3.8) is 0 Å². The van der Waals surface area contributed by atoms with Gasteiger partial charge in [0.05, 0.1) is 6.04 Å². The first-order valence-corrected chi connectivity index (χ1v) is 9.77. The van der Waals surface area contributed by atoms with E-state index in [4.69, 9.17) is 0 Å². The van der Waals surface area contributed by atoms with Gasteiger partial charge in [0.2, 0.25) is 0 Å². The Balaban J connectivity index is 1.57. The van der Waals surface area contributed by atoms with Crippen LogP contribution in [0.1, 0.15) is 22.8 Å². The highest BCUT2D eigenvalue weighted by Gasteiger charge is 2.34. The van der Waals surface area contributed by atoms with Gasteiger partial charge >= 0.3 is 5.97 Å². The second-order valence-electron chi connectivity index (χ2n) is 7.39.